The second kappa shape index (κ2) is 10.9. The molecule has 4 N–H and O–H groups in total. The molecule has 0 saturated carbocycles. The average molecular weight is 509 g/mol. The third-order valence-electron chi connectivity index (χ3n) is 6.14. The molecule has 0 fully saturated rings. The van der Waals surface area contributed by atoms with Crippen molar-refractivity contribution in [3.63, 3.8) is 0 Å². The Bertz CT molecular complexity index is 1580. The Kier molecular flexibility index (Phi) is 7.08. The number of anilines is 1. The first kappa shape index (κ1) is 24.6. The first-order valence-corrected chi connectivity index (χ1v) is 12.1. The monoisotopic (exact) mass is 508 g/mol. The molecule has 2 heterocycles. The van der Waals surface area contributed by atoms with E-state index in [-0.39, 0.29) is 18.0 Å². The molecule has 0 atom stereocenters. The van der Waals surface area contributed by atoms with Crippen LogP contribution < -0.4 is 11.1 Å². The minimum atomic E-state index is -0.570. The molecule has 190 valence electrons. The molecule has 0 aliphatic heterocycles. The number of rotatable bonds is 9. The van der Waals surface area contributed by atoms with Crippen LogP contribution in [0, 0.1) is 5.82 Å². The van der Waals surface area contributed by atoms with Crippen molar-refractivity contribution in [2.24, 2.45) is 5.73 Å². The Labute approximate surface area is 218 Å². The number of halogens is 1. The van der Waals surface area contributed by atoms with E-state index in [1.807, 2.05) is 47.2 Å². The largest absolute Gasteiger partial charge is 0.366 e. The molecule has 0 spiro atoms. The summed E-state index contributed by atoms with van der Waals surface area (Å²) in [5.74, 6) is -0.778. The SMILES string of the molecule is NC(=O)c1cccc(-c2cn[nH]c2)c1-c1nc(CCCC(=O)Nc2ccccc2F)cn1-c1ccccc1. The number of aromatic nitrogens is 4. The van der Waals surface area contributed by atoms with Gasteiger partial charge in [0.15, 0.2) is 0 Å². The Morgan fingerprint density at radius 3 is 2.53 bits per heavy atom. The van der Waals surface area contributed by atoms with Crippen molar-refractivity contribution in [1.29, 1.82) is 0 Å². The number of aryl methyl sites for hydroxylation is 1. The predicted molar refractivity (Wildman–Crippen MR) is 143 cm³/mol. The molecule has 9 heteroatoms. The van der Waals surface area contributed by atoms with E-state index in [0.717, 1.165) is 22.5 Å². The number of nitrogens with zero attached hydrogens (tertiary/aromatic N) is 3. The maximum Gasteiger partial charge on any atom is 0.249 e. The standard InChI is InChI=1S/C29H25FN6O2/c30-24-13-4-5-14-25(24)35-26(37)15-6-8-20-18-36(21-9-2-1-3-10-21)29(34-20)27-22(19-16-32-33-17-19)11-7-12-23(27)28(31)38/h1-5,7,9-14,16-18H,6,8,15H2,(H2,31,38)(H,32,33)(H,35,37). The minimum Gasteiger partial charge on any atom is -0.366 e. The second-order valence-corrected chi connectivity index (χ2v) is 8.72. The number of amides is 2. The molecule has 8 nitrogen and oxygen atoms in total. The van der Waals surface area contributed by atoms with Gasteiger partial charge in [0.25, 0.3) is 0 Å². The Hall–Kier alpha value is -5.05. The van der Waals surface area contributed by atoms with E-state index in [1.165, 1.54) is 12.1 Å². The molecule has 0 aliphatic carbocycles. The van der Waals surface area contributed by atoms with Gasteiger partial charge in [0.1, 0.15) is 11.6 Å². The Balaban J connectivity index is 1.48. The van der Waals surface area contributed by atoms with Gasteiger partial charge in [-0.25, -0.2) is 9.37 Å². The van der Waals surface area contributed by atoms with Gasteiger partial charge in [0.05, 0.1) is 23.1 Å². The van der Waals surface area contributed by atoms with Gasteiger partial charge >= 0.3 is 0 Å². The van der Waals surface area contributed by atoms with E-state index in [0.29, 0.717) is 29.8 Å². The smallest absolute Gasteiger partial charge is 0.249 e. The number of para-hydroxylation sites is 2. The summed E-state index contributed by atoms with van der Waals surface area (Å²) in [5, 5.41) is 9.48. The van der Waals surface area contributed by atoms with Crippen LogP contribution in [-0.4, -0.2) is 31.6 Å². The number of primary amides is 1. The summed E-state index contributed by atoms with van der Waals surface area (Å²) in [7, 11) is 0. The number of H-pyrrole nitrogens is 1. The quantitative estimate of drug-likeness (QED) is 0.256. The lowest BCUT2D eigenvalue weighted by molar-refractivity contribution is -0.116. The normalized spacial score (nSPS) is 10.9. The summed E-state index contributed by atoms with van der Waals surface area (Å²) in [6.07, 6.45) is 6.51. The maximum atomic E-state index is 13.9. The number of aromatic amines is 1. The van der Waals surface area contributed by atoms with Crippen LogP contribution in [0.1, 0.15) is 28.9 Å². The van der Waals surface area contributed by atoms with Crippen molar-refractivity contribution in [1.82, 2.24) is 19.7 Å². The third kappa shape index (κ3) is 5.22. The Morgan fingerprint density at radius 1 is 1.00 bits per heavy atom. The van der Waals surface area contributed by atoms with Crippen molar-refractivity contribution in [2.75, 3.05) is 5.32 Å². The summed E-state index contributed by atoms with van der Waals surface area (Å²) in [4.78, 5) is 29.8. The molecule has 0 radical (unpaired) electrons. The van der Waals surface area contributed by atoms with Gasteiger partial charge < -0.3 is 11.1 Å². The lowest BCUT2D eigenvalue weighted by Gasteiger charge is -2.14. The highest BCUT2D eigenvalue weighted by Crippen LogP contribution is 2.35. The van der Waals surface area contributed by atoms with Crippen molar-refractivity contribution >= 4 is 17.5 Å². The van der Waals surface area contributed by atoms with Crippen LogP contribution in [0.5, 0.6) is 0 Å². The van der Waals surface area contributed by atoms with E-state index in [1.54, 1.807) is 36.7 Å². The van der Waals surface area contributed by atoms with Crippen LogP contribution in [0.4, 0.5) is 10.1 Å². The lowest BCUT2D eigenvalue weighted by atomic mass is 9.96. The third-order valence-corrected chi connectivity index (χ3v) is 6.14. The number of benzene rings is 3. The van der Waals surface area contributed by atoms with E-state index in [9.17, 15) is 14.0 Å². The van der Waals surface area contributed by atoms with Crippen molar-refractivity contribution < 1.29 is 14.0 Å². The second-order valence-electron chi connectivity index (χ2n) is 8.72. The highest BCUT2D eigenvalue weighted by atomic mass is 19.1. The van der Waals surface area contributed by atoms with Crippen LogP contribution >= 0.6 is 0 Å². The van der Waals surface area contributed by atoms with Gasteiger partial charge in [0.2, 0.25) is 11.8 Å². The zero-order valence-corrected chi connectivity index (χ0v) is 20.4. The fraction of sp³-hybridized carbons (Fsp3) is 0.103. The molecule has 3 aromatic carbocycles. The van der Waals surface area contributed by atoms with Gasteiger partial charge in [-0.15, -0.1) is 0 Å². The number of imidazole rings is 1. The van der Waals surface area contributed by atoms with Crippen LogP contribution in [0.15, 0.2) is 91.4 Å². The number of hydrogen-bond acceptors (Lipinski definition) is 4. The lowest BCUT2D eigenvalue weighted by Crippen LogP contribution is -2.14. The summed E-state index contributed by atoms with van der Waals surface area (Å²) in [6, 6.07) is 21.1. The van der Waals surface area contributed by atoms with Crippen LogP contribution in [0.2, 0.25) is 0 Å². The van der Waals surface area contributed by atoms with Crippen LogP contribution in [0.25, 0.3) is 28.2 Å². The van der Waals surface area contributed by atoms with E-state index in [2.05, 4.69) is 15.5 Å². The topological polar surface area (TPSA) is 119 Å². The van der Waals surface area contributed by atoms with Crippen molar-refractivity contribution in [2.45, 2.75) is 19.3 Å². The average Bonchev–Trinajstić information content (AvgIpc) is 3.61. The molecular weight excluding hydrogens is 483 g/mol. The molecule has 0 saturated heterocycles. The summed E-state index contributed by atoms with van der Waals surface area (Å²) in [6.45, 7) is 0. The first-order valence-electron chi connectivity index (χ1n) is 12.1. The van der Waals surface area contributed by atoms with Gasteiger partial charge in [-0.1, -0.05) is 42.5 Å². The zero-order chi connectivity index (χ0) is 26.5. The predicted octanol–water partition coefficient (Wildman–Crippen LogP) is 5.13. The Morgan fingerprint density at radius 2 is 1.79 bits per heavy atom. The molecule has 2 aromatic heterocycles. The van der Waals surface area contributed by atoms with Gasteiger partial charge in [-0.2, -0.15) is 5.10 Å². The molecule has 38 heavy (non-hydrogen) atoms. The van der Waals surface area contributed by atoms with Gasteiger partial charge in [-0.3, -0.25) is 19.3 Å². The van der Waals surface area contributed by atoms with Crippen LogP contribution in [-0.2, 0) is 11.2 Å². The number of nitrogens with two attached hydrogens (primary N) is 1. The van der Waals surface area contributed by atoms with E-state index < -0.39 is 11.7 Å². The van der Waals surface area contributed by atoms with Crippen molar-refractivity contribution in [3.8, 4) is 28.2 Å². The van der Waals surface area contributed by atoms with E-state index in [4.69, 9.17) is 10.7 Å². The molecule has 0 aliphatic rings. The number of nitrogens with one attached hydrogen (secondary N) is 2. The number of carbonyl (C=O) groups excluding carboxylic acids is 2. The molecule has 5 aromatic rings. The number of hydrogen-bond donors (Lipinski definition) is 3. The first-order chi connectivity index (χ1) is 18.5. The van der Waals surface area contributed by atoms with Crippen LogP contribution in [0.3, 0.4) is 0 Å². The minimum absolute atomic E-state index is 0.156. The fourth-order valence-electron chi connectivity index (χ4n) is 4.35. The molecule has 2 amide bonds. The number of carbonyl (C=O) groups is 2. The highest BCUT2D eigenvalue weighted by Gasteiger charge is 2.22. The van der Waals surface area contributed by atoms with Gasteiger partial charge in [0, 0.05) is 35.6 Å². The summed E-state index contributed by atoms with van der Waals surface area (Å²) < 4.78 is 15.8. The van der Waals surface area contributed by atoms with Gasteiger partial charge in [-0.05, 0) is 48.7 Å². The van der Waals surface area contributed by atoms with E-state index >= 15 is 0 Å². The summed E-state index contributed by atoms with van der Waals surface area (Å²) >= 11 is 0. The molecule has 0 bridgehead atoms. The summed E-state index contributed by atoms with van der Waals surface area (Å²) in [5.41, 5.74) is 10.0. The fourth-order valence-corrected chi connectivity index (χ4v) is 4.35. The highest BCUT2D eigenvalue weighted by molar-refractivity contribution is 6.03. The maximum absolute atomic E-state index is 13.9. The molecule has 0 unspecified atom stereocenters. The molecule has 5 rings (SSSR count). The van der Waals surface area contributed by atoms with Crippen molar-refractivity contribution in [3.05, 3.63) is 108 Å². The molecular formula is C29H25FN6O2. The zero-order valence-electron chi connectivity index (χ0n) is 20.4.